The van der Waals surface area contributed by atoms with Crippen molar-refractivity contribution in [3.63, 3.8) is 0 Å². The zero-order valence-electron chi connectivity index (χ0n) is 14.8. The predicted molar refractivity (Wildman–Crippen MR) is 92.3 cm³/mol. The van der Waals surface area contributed by atoms with E-state index < -0.39 is 0 Å². The summed E-state index contributed by atoms with van der Waals surface area (Å²) >= 11 is 0. The molecule has 5 heteroatoms. The molecule has 1 saturated carbocycles. The fourth-order valence-corrected chi connectivity index (χ4v) is 2.90. The Balaban J connectivity index is 1.60. The third-order valence-corrected chi connectivity index (χ3v) is 4.72. The molecule has 1 heterocycles. The van der Waals surface area contributed by atoms with Crippen LogP contribution in [0, 0.1) is 11.8 Å². The van der Waals surface area contributed by atoms with E-state index >= 15 is 0 Å². The van der Waals surface area contributed by atoms with Crippen LogP contribution >= 0.6 is 0 Å². The van der Waals surface area contributed by atoms with E-state index in [4.69, 9.17) is 4.74 Å². The maximum atomic E-state index is 5.66. The molecule has 2 N–H and O–H groups in total. The van der Waals surface area contributed by atoms with Gasteiger partial charge in [-0.1, -0.05) is 6.92 Å². The van der Waals surface area contributed by atoms with Crippen molar-refractivity contribution >= 4 is 5.96 Å². The van der Waals surface area contributed by atoms with Gasteiger partial charge in [-0.05, 0) is 44.9 Å². The van der Waals surface area contributed by atoms with Gasteiger partial charge in [0.05, 0.1) is 0 Å². The van der Waals surface area contributed by atoms with Crippen molar-refractivity contribution in [2.24, 2.45) is 16.8 Å². The van der Waals surface area contributed by atoms with Crippen LogP contribution in [0.5, 0.6) is 0 Å². The molecule has 0 aromatic carbocycles. The van der Waals surface area contributed by atoms with Gasteiger partial charge in [0.25, 0.3) is 0 Å². The molecular formula is C17H34N4O. The summed E-state index contributed by atoms with van der Waals surface area (Å²) in [6, 6.07) is 1.10. The zero-order valence-corrected chi connectivity index (χ0v) is 14.8. The summed E-state index contributed by atoms with van der Waals surface area (Å²) in [6.45, 7) is 11.8. The molecule has 1 aliphatic carbocycles. The van der Waals surface area contributed by atoms with E-state index in [1.54, 1.807) is 0 Å². The fraction of sp³-hybridized carbons (Fsp3) is 0.941. The molecule has 0 amide bonds. The lowest BCUT2D eigenvalue weighted by molar-refractivity contribution is 0.123. The van der Waals surface area contributed by atoms with Crippen molar-refractivity contribution in [2.45, 2.75) is 52.1 Å². The molecule has 5 nitrogen and oxygen atoms in total. The molecular weight excluding hydrogens is 276 g/mol. The van der Waals surface area contributed by atoms with Crippen LogP contribution < -0.4 is 10.6 Å². The van der Waals surface area contributed by atoms with Gasteiger partial charge in [-0.3, -0.25) is 9.89 Å². The van der Waals surface area contributed by atoms with Crippen LogP contribution in [-0.2, 0) is 4.74 Å². The van der Waals surface area contributed by atoms with E-state index in [1.807, 2.05) is 7.05 Å². The van der Waals surface area contributed by atoms with Gasteiger partial charge >= 0.3 is 0 Å². The third kappa shape index (κ3) is 5.76. The first-order chi connectivity index (χ1) is 10.6. The van der Waals surface area contributed by atoms with Gasteiger partial charge in [0, 0.05) is 52.0 Å². The molecule has 0 aromatic rings. The maximum Gasteiger partial charge on any atom is 0.191 e. The highest BCUT2D eigenvalue weighted by Gasteiger charge is 2.31. The Morgan fingerprint density at radius 2 is 2.09 bits per heavy atom. The number of likely N-dealkylation sites (tertiary alicyclic amines) is 1. The van der Waals surface area contributed by atoms with Gasteiger partial charge in [0.15, 0.2) is 5.96 Å². The molecule has 2 rings (SSSR count). The number of guanidine groups is 1. The van der Waals surface area contributed by atoms with E-state index in [2.05, 4.69) is 41.3 Å². The van der Waals surface area contributed by atoms with Crippen LogP contribution in [0.1, 0.15) is 40.0 Å². The lowest BCUT2D eigenvalue weighted by Gasteiger charge is -2.22. The monoisotopic (exact) mass is 310 g/mol. The van der Waals surface area contributed by atoms with Crippen molar-refractivity contribution in [3.8, 4) is 0 Å². The summed E-state index contributed by atoms with van der Waals surface area (Å²) in [6.07, 6.45) is 3.76. The predicted octanol–water partition coefficient (Wildman–Crippen LogP) is 1.70. The minimum absolute atomic E-state index is 0.486. The molecule has 1 saturated heterocycles. The first kappa shape index (κ1) is 17.5. The van der Waals surface area contributed by atoms with E-state index in [0.717, 1.165) is 44.6 Å². The number of aliphatic imine (C=N–C) groups is 1. The summed E-state index contributed by atoms with van der Waals surface area (Å²) in [7, 11) is 1.85. The fourth-order valence-electron chi connectivity index (χ4n) is 2.90. The van der Waals surface area contributed by atoms with Crippen LogP contribution in [0.2, 0.25) is 0 Å². The molecule has 0 spiro atoms. The quantitative estimate of drug-likeness (QED) is 0.407. The summed E-state index contributed by atoms with van der Waals surface area (Å²) in [4.78, 5) is 6.88. The van der Waals surface area contributed by atoms with Gasteiger partial charge in [0.2, 0.25) is 0 Å². The number of nitrogens with one attached hydrogen (secondary N) is 2. The zero-order chi connectivity index (χ0) is 15.9. The highest BCUT2D eigenvalue weighted by atomic mass is 16.5. The smallest absolute Gasteiger partial charge is 0.191 e. The van der Waals surface area contributed by atoms with E-state index in [0.29, 0.717) is 18.0 Å². The molecule has 0 radical (unpaired) electrons. The first-order valence-electron chi connectivity index (χ1n) is 8.89. The summed E-state index contributed by atoms with van der Waals surface area (Å²) < 4.78 is 5.66. The van der Waals surface area contributed by atoms with Crippen molar-refractivity contribution in [3.05, 3.63) is 0 Å². The van der Waals surface area contributed by atoms with Gasteiger partial charge in [-0.2, -0.15) is 0 Å². The SMILES string of the molecule is CN=C(NCCCOCC1CC1)NC1CN(C(C)C)CC1C. The molecule has 2 unspecified atom stereocenters. The lowest BCUT2D eigenvalue weighted by atomic mass is 10.1. The molecule has 1 aliphatic heterocycles. The number of rotatable bonds is 8. The van der Waals surface area contributed by atoms with Gasteiger partial charge < -0.3 is 15.4 Å². The Labute approximate surface area is 135 Å². The van der Waals surface area contributed by atoms with Crippen LogP contribution in [0.15, 0.2) is 4.99 Å². The Kier molecular flexibility index (Phi) is 6.96. The molecule has 128 valence electrons. The normalized spacial score (nSPS) is 26.7. The highest BCUT2D eigenvalue weighted by Crippen LogP contribution is 2.28. The van der Waals surface area contributed by atoms with Crippen molar-refractivity contribution in [2.75, 3.05) is 39.9 Å². The van der Waals surface area contributed by atoms with Crippen LogP contribution in [0.3, 0.4) is 0 Å². The van der Waals surface area contributed by atoms with E-state index in [-0.39, 0.29) is 0 Å². The second-order valence-corrected chi connectivity index (χ2v) is 7.15. The Morgan fingerprint density at radius 1 is 1.32 bits per heavy atom. The molecule has 2 fully saturated rings. The van der Waals surface area contributed by atoms with E-state index in [1.165, 1.54) is 19.4 Å². The molecule has 0 aromatic heterocycles. The Bertz CT molecular complexity index is 355. The van der Waals surface area contributed by atoms with Gasteiger partial charge in [-0.15, -0.1) is 0 Å². The molecule has 22 heavy (non-hydrogen) atoms. The number of hydrogen-bond acceptors (Lipinski definition) is 3. The number of ether oxygens (including phenoxy) is 1. The third-order valence-electron chi connectivity index (χ3n) is 4.72. The minimum Gasteiger partial charge on any atom is -0.381 e. The largest absolute Gasteiger partial charge is 0.381 e. The minimum atomic E-state index is 0.486. The van der Waals surface area contributed by atoms with Gasteiger partial charge in [-0.25, -0.2) is 0 Å². The molecule has 2 aliphatic rings. The number of nitrogens with zero attached hydrogens (tertiary/aromatic N) is 2. The van der Waals surface area contributed by atoms with Crippen LogP contribution in [0.25, 0.3) is 0 Å². The molecule has 2 atom stereocenters. The summed E-state index contributed by atoms with van der Waals surface area (Å²) in [5, 5.41) is 6.98. The van der Waals surface area contributed by atoms with Gasteiger partial charge in [0.1, 0.15) is 0 Å². The second-order valence-electron chi connectivity index (χ2n) is 7.15. The van der Waals surface area contributed by atoms with Crippen molar-refractivity contribution in [1.82, 2.24) is 15.5 Å². The Morgan fingerprint density at radius 3 is 2.68 bits per heavy atom. The highest BCUT2D eigenvalue weighted by molar-refractivity contribution is 5.80. The van der Waals surface area contributed by atoms with Crippen molar-refractivity contribution < 1.29 is 4.74 Å². The number of hydrogen-bond donors (Lipinski definition) is 2. The average molecular weight is 310 g/mol. The maximum absolute atomic E-state index is 5.66. The molecule has 0 bridgehead atoms. The standard InChI is InChI=1S/C17H34N4O/c1-13(2)21-10-14(3)16(11-21)20-17(18-4)19-8-5-9-22-12-15-6-7-15/h13-16H,5-12H2,1-4H3,(H2,18,19,20). The Hall–Kier alpha value is -0.810. The lowest BCUT2D eigenvalue weighted by Crippen LogP contribution is -2.47. The van der Waals surface area contributed by atoms with Crippen LogP contribution in [0.4, 0.5) is 0 Å². The topological polar surface area (TPSA) is 48.9 Å². The second kappa shape index (κ2) is 8.73. The summed E-state index contributed by atoms with van der Waals surface area (Å²) in [5.41, 5.74) is 0. The first-order valence-corrected chi connectivity index (χ1v) is 8.89. The van der Waals surface area contributed by atoms with Crippen molar-refractivity contribution in [1.29, 1.82) is 0 Å². The average Bonchev–Trinajstić information content (AvgIpc) is 3.24. The summed E-state index contributed by atoms with van der Waals surface area (Å²) in [5.74, 6) is 2.43. The van der Waals surface area contributed by atoms with Crippen LogP contribution in [-0.4, -0.2) is 62.8 Å². The van der Waals surface area contributed by atoms with E-state index in [9.17, 15) is 0 Å².